The van der Waals surface area contributed by atoms with Crippen molar-refractivity contribution in [3.8, 4) is 0 Å². The molecule has 0 heterocycles. The Kier molecular flexibility index (Phi) is 5.77. The minimum absolute atomic E-state index is 0.0987. The molecule has 2 N–H and O–H groups in total. The van der Waals surface area contributed by atoms with Crippen LogP contribution in [-0.4, -0.2) is 14.3 Å². The molecule has 166 valence electrons. The van der Waals surface area contributed by atoms with Gasteiger partial charge in [-0.1, -0.05) is 36.8 Å². The van der Waals surface area contributed by atoms with Gasteiger partial charge in [0.15, 0.2) is 0 Å². The number of amides is 1. The van der Waals surface area contributed by atoms with Crippen LogP contribution in [0.15, 0.2) is 71.6 Å². The van der Waals surface area contributed by atoms with E-state index in [0.29, 0.717) is 29.8 Å². The second-order valence-corrected chi connectivity index (χ2v) is 9.98. The molecule has 7 heteroatoms. The largest absolute Gasteiger partial charge is 0.325 e. The zero-order chi connectivity index (χ0) is 22.9. The van der Waals surface area contributed by atoms with Crippen LogP contribution in [0, 0.1) is 19.7 Å². The van der Waals surface area contributed by atoms with Gasteiger partial charge < -0.3 is 5.32 Å². The van der Waals surface area contributed by atoms with E-state index < -0.39 is 15.4 Å². The molecule has 32 heavy (non-hydrogen) atoms. The average Bonchev–Trinajstić information content (AvgIpc) is 2.71. The highest BCUT2D eigenvalue weighted by Crippen LogP contribution is 2.44. The summed E-state index contributed by atoms with van der Waals surface area (Å²) in [7, 11) is -3.78. The minimum Gasteiger partial charge on any atom is -0.325 e. The molecular weight excluding hydrogens is 427 g/mol. The molecule has 0 unspecified atom stereocenters. The summed E-state index contributed by atoms with van der Waals surface area (Å²) in [6, 6.07) is 17.8. The third-order valence-electron chi connectivity index (χ3n) is 6.16. The summed E-state index contributed by atoms with van der Waals surface area (Å²) in [5, 5.41) is 2.87. The molecule has 1 aliphatic carbocycles. The lowest BCUT2D eigenvalue weighted by molar-refractivity contribution is -0.124. The van der Waals surface area contributed by atoms with Crippen LogP contribution in [0.5, 0.6) is 0 Å². The van der Waals surface area contributed by atoms with Crippen molar-refractivity contribution < 1.29 is 17.6 Å². The highest BCUT2D eigenvalue weighted by atomic mass is 32.2. The Labute approximate surface area is 187 Å². The maximum atomic E-state index is 13.7. The predicted molar refractivity (Wildman–Crippen MR) is 124 cm³/mol. The maximum absolute atomic E-state index is 13.7. The van der Waals surface area contributed by atoms with Crippen molar-refractivity contribution in [3.63, 3.8) is 0 Å². The van der Waals surface area contributed by atoms with Gasteiger partial charge in [0.25, 0.3) is 10.0 Å². The quantitative estimate of drug-likeness (QED) is 0.533. The Morgan fingerprint density at radius 3 is 2.12 bits per heavy atom. The molecule has 1 amide bonds. The van der Waals surface area contributed by atoms with E-state index in [9.17, 15) is 17.6 Å². The monoisotopic (exact) mass is 452 g/mol. The molecule has 1 aliphatic rings. The number of carbonyl (C=O) groups is 1. The molecule has 0 saturated heterocycles. The first-order chi connectivity index (χ1) is 15.2. The fraction of sp³-hybridized carbons (Fsp3) is 0.240. The second kappa shape index (κ2) is 8.39. The van der Waals surface area contributed by atoms with Crippen LogP contribution in [0.3, 0.4) is 0 Å². The van der Waals surface area contributed by atoms with Crippen molar-refractivity contribution >= 4 is 27.3 Å². The molecule has 1 fully saturated rings. The Bertz CT molecular complexity index is 1250. The molecule has 1 saturated carbocycles. The molecular formula is C25H25FN2O3S. The first-order valence-corrected chi connectivity index (χ1v) is 12.0. The van der Waals surface area contributed by atoms with Gasteiger partial charge in [0.05, 0.1) is 16.0 Å². The van der Waals surface area contributed by atoms with Crippen LogP contribution in [0.4, 0.5) is 15.8 Å². The number of carbonyl (C=O) groups excluding carboxylic acids is 1. The standard InChI is InChI=1S/C25H25FN2O3S/c1-17-6-3-7-18(2)23(17)28-32(30,31)22-12-10-21(11-13-22)27-24(29)25(14-5-15-25)19-8-4-9-20(26)16-19/h3-4,6-13,16,28H,5,14-15H2,1-2H3,(H,27,29). The van der Waals surface area contributed by atoms with E-state index in [2.05, 4.69) is 10.0 Å². The molecule has 0 spiro atoms. The van der Waals surface area contributed by atoms with Crippen LogP contribution >= 0.6 is 0 Å². The Hall–Kier alpha value is -3.19. The molecule has 0 bridgehead atoms. The van der Waals surface area contributed by atoms with Crippen molar-refractivity contribution in [1.82, 2.24) is 0 Å². The molecule has 0 atom stereocenters. The number of aryl methyl sites for hydroxylation is 2. The number of rotatable bonds is 6. The SMILES string of the molecule is Cc1cccc(C)c1NS(=O)(=O)c1ccc(NC(=O)C2(c3cccc(F)c3)CCC2)cc1. The molecule has 0 aromatic heterocycles. The van der Waals surface area contributed by atoms with Crippen LogP contribution in [0.25, 0.3) is 0 Å². The van der Waals surface area contributed by atoms with E-state index in [0.717, 1.165) is 17.5 Å². The fourth-order valence-electron chi connectivity index (χ4n) is 4.10. The van der Waals surface area contributed by atoms with Gasteiger partial charge >= 0.3 is 0 Å². The van der Waals surface area contributed by atoms with Gasteiger partial charge in [0, 0.05) is 5.69 Å². The van der Waals surface area contributed by atoms with Gasteiger partial charge in [-0.2, -0.15) is 0 Å². The Morgan fingerprint density at radius 2 is 1.56 bits per heavy atom. The lowest BCUT2D eigenvalue weighted by Crippen LogP contribution is -2.46. The van der Waals surface area contributed by atoms with E-state index in [4.69, 9.17) is 0 Å². The van der Waals surface area contributed by atoms with E-state index in [1.807, 2.05) is 32.0 Å². The van der Waals surface area contributed by atoms with Crippen LogP contribution in [0.1, 0.15) is 36.0 Å². The number of hydrogen-bond donors (Lipinski definition) is 2. The molecule has 3 aromatic rings. The average molecular weight is 453 g/mol. The summed E-state index contributed by atoms with van der Waals surface area (Å²) < 4.78 is 42.0. The van der Waals surface area contributed by atoms with Crippen molar-refractivity contribution in [3.05, 3.63) is 89.2 Å². The van der Waals surface area contributed by atoms with Gasteiger partial charge in [-0.25, -0.2) is 12.8 Å². The third-order valence-corrected chi connectivity index (χ3v) is 7.52. The smallest absolute Gasteiger partial charge is 0.261 e. The highest BCUT2D eigenvalue weighted by molar-refractivity contribution is 7.92. The van der Waals surface area contributed by atoms with Gasteiger partial charge in [-0.05, 0) is 79.8 Å². The Morgan fingerprint density at radius 1 is 0.938 bits per heavy atom. The van der Waals surface area contributed by atoms with Gasteiger partial charge in [0.1, 0.15) is 5.82 Å². The maximum Gasteiger partial charge on any atom is 0.261 e. The van der Waals surface area contributed by atoms with Crippen molar-refractivity contribution in [2.75, 3.05) is 10.0 Å². The van der Waals surface area contributed by atoms with E-state index in [1.54, 1.807) is 24.3 Å². The van der Waals surface area contributed by atoms with E-state index >= 15 is 0 Å². The summed E-state index contributed by atoms with van der Waals surface area (Å²) in [4.78, 5) is 13.2. The number of nitrogens with one attached hydrogen (secondary N) is 2. The molecule has 4 rings (SSSR count). The predicted octanol–water partition coefficient (Wildman–Crippen LogP) is 5.30. The van der Waals surface area contributed by atoms with Gasteiger partial charge in [0.2, 0.25) is 5.91 Å². The summed E-state index contributed by atoms with van der Waals surface area (Å²) in [6.45, 7) is 3.69. The lowest BCUT2D eigenvalue weighted by Gasteiger charge is -2.40. The molecule has 0 aliphatic heterocycles. The van der Waals surface area contributed by atoms with Crippen LogP contribution in [0.2, 0.25) is 0 Å². The summed E-state index contributed by atoms with van der Waals surface area (Å²) in [5.41, 5.74) is 2.63. The first-order valence-electron chi connectivity index (χ1n) is 10.5. The van der Waals surface area contributed by atoms with Crippen molar-refractivity contribution in [2.24, 2.45) is 0 Å². The molecule has 3 aromatic carbocycles. The van der Waals surface area contributed by atoms with Crippen LogP contribution < -0.4 is 10.0 Å². The molecule has 0 radical (unpaired) electrons. The zero-order valence-electron chi connectivity index (χ0n) is 18.0. The summed E-state index contributed by atoms with van der Waals surface area (Å²) in [5.74, 6) is -0.578. The van der Waals surface area contributed by atoms with Crippen LogP contribution in [-0.2, 0) is 20.2 Å². The Balaban J connectivity index is 1.52. The number of para-hydroxylation sites is 1. The minimum atomic E-state index is -3.78. The number of anilines is 2. The first kappa shape index (κ1) is 22.0. The van der Waals surface area contributed by atoms with E-state index in [1.165, 1.54) is 24.3 Å². The van der Waals surface area contributed by atoms with Crippen molar-refractivity contribution in [2.45, 2.75) is 43.4 Å². The van der Waals surface area contributed by atoms with E-state index in [-0.39, 0.29) is 16.6 Å². The van der Waals surface area contributed by atoms with Gasteiger partial charge in [-0.3, -0.25) is 9.52 Å². The second-order valence-electron chi connectivity index (χ2n) is 8.30. The third kappa shape index (κ3) is 4.12. The normalized spacial score (nSPS) is 15.0. The topological polar surface area (TPSA) is 75.3 Å². The lowest BCUT2D eigenvalue weighted by atomic mass is 9.63. The van der Waals surface area contributed by atoms with Crippen molar-refractivity contribution in [1.29, 1.82) is 0 Å². The summed E-state index contributed by atoms with van der Waals surface area (Å²) >= 11 is 0. The fourth-order valence-corrected chi connectivity index (χ4v) is 5.30. The number of benzene rings is 3. The molecule has 5 nitrogen and oxygen atoms in total. The zero-order valence-corrected chi connectivity index (χ0v) is 18.8. The van der Waals surface area contributed by atoms with Gasteiger partial charge in [-0.15, -0.1) is 0 Å². The number of hydrogen-bond acceptors (Lipinski definition) is 3. The number of halogens is 1. The summed E-state index contributed by atoms with van der Waals surface area (Å²) in [6.07, 6.45) is 2.19. The highest BCUT2D eigenvalue weighted by Gasteiger charge is 2.45. The number of sulfonamides is 1.